The molecule has 0 fully saturated rings. The first-order valence-corrected chi connectivity index (χ1v) is 6.06. The van der Waals surface area contributed by atoms with E-state index in [0.717, 1.165) is 0 Å². The molecule has 5 nitrogen and oxygen atoms in total. The van der Waals surface area contributed by atoms with Gasteiger partial charge in [-0.2, -0.15) is 0 Å². The minimum atomic E-state index is -0.470. The Morgan fingerprint density at radius 2 is 2.11 bits per heavy atom. The van der Waals surface area contributed by atoms with E-state index in [0.29, 0.717) is 16.3 Å². The number of non-ortho nitro benzene ring substituents is 1. The van der Waals surface area contributed by atoms with Crippen LogP contribution in [-0.4, -0.2) is 22.7 Å². The average Bonchev–Trinajstić information content (AvgIpc) is 2.31. The van der Waals surface area contributed by atoms with Gasteiger partial charge in [-0.1, -0.05) is 18.5 Å². The molecule has 0 aromatic heterocycles. The fraction of sp³-hybridized carbons (Fsp3) is 0.500. The molecule has 0 radical (unpaired) electrons. The Labute approximate surface area is 111 Å². The molecule has 18 heavy (non-hydrogen) atoms. The second-order valence-electron chi connectivity index (χ2n) is 4.47. The third-order valence-corrected chi connectivity index (χ3v) is 3.29. The molecule has 0 saturated carbocycles. The van der Waals surface area contributed by atoms with E-state index in [1.807, 2.05) is 13.8 Å². The average molecular weight is 273 g/mol. The minimum absolute atomic E-state index is 0.0210. The number of hydrogen-bond donors (Lipinski definition) is 2. The minimum Gasteiger partial charge on any atom is -0.396 e. The van der Waals surface area contributed by atoms with Crippen LogP contribution in [0.3, 0.4) is 0 Å². The second-order valence-corrected chi connectivity index (χ2v) is 4.88. The highest BCUT2D eigenvalue weighted by atomic mass is 35.5. The third kappa shape index (κ3) is 3.34. The molecule has 0 spiro atoms. The van der Waals surface area contributed by atoms with Gasteiger partial charge in [0.05, 0.1) is 15.6 Å². The molecule has 0 aliphatic heterocycles. The summed E-state index contributed by atoms with van der Waals surface area (Å²) in [5.41, 5.74) is 1.37. The maximum Gasteiger partial charge on any atom is 0.271 e. The van der Waals surface area contributed by atoms with Gasteiger partial charge in [-0.25, -0.2) is 0 Å². The summed E-state index contributed by atoms with van der Waals surface area (Å²) >= 11 is 6.04. The smallest absolute Gasteiger partial charge is 0.271 e. The lowest BCUT2D eigenvalue weighted by Gasteiger charge is -2.22. The zero-order valence-corrected chi connectivity index (χ0v) is 11.4. The Bertz CT molecular complexity index is 428. The van der Waals surface area contributed by atoms with Crippen molar-refractivity contribution in [3.05, 3.63) is 32.8 Å². The summed E-state index contributed by atoms with van der Waals surface area (Å²) in [5, 5.41) is 23.3. The molecule has 0 bridgehead atoms. The van der Waals surface area contributed by atoms with Gasteiger partial charge in [-0.3, -0.25) is 10.1 Å². The summed E-state index contributed by atoms with van der Waals surface area (Å²) in [6.45, 7) is 5.67. The number of aryl methyl sites for hydroxylation is 1. The lowest BCUT2D eigenvalue weighted by atomic mass is 10.0. The van der Waals surface area contributed by atoms with E-state index in [4.69, 9.17) is 16.7 Å². The van der Waals surface area contributed by atoms with E-state index in [-0.39, 0.29) is 24.3 Å². The van der Waals surface area contributed by atoms with E-state index >= 15 is 0 Å². The van der Waals surface area contributed by atoms with Gasteiger partial charge < -0.3 is 10.4 Å². The number of aliphatic hydroxyl groups excluding tert-OH is 1. The van der Waals surface area contributed by atoms with Crippen LogP contribution in [0.1, 0.15) is 19.4 Å². The number of rotatable bonds is 5. The first-order valence-electron chi connectivity index (χ1n) is 5.68. The summed E-state index contributed by atoms with van der Waals surface area (Å²) in [6, 6.07) is 2.82. The number of anilines is 1. The van der Waals surface area contributed by atoms with Crippen LogP contribution in [0, 0.1) is 23.0 Å². The van der Waals surface area contributed by atoms with Gasteiger partial charge in [0.2, 0.25) is 0 Å². The number of nitrogens with one attached hydrogen (secondary N) is 1. The highest BCUT2D eigenvalue weighted by Crippen LogP contribution is 2.31. The number of benzene rings is 1. The number of halogens is 1. The van der Waals surface area contributed by atoms with Crippen molar-refractivity contribution in [2.75, 3.05) is 11.9 Å². The lowest BCUT2D eigenvalue weighted by molar-refractivity contribution is -0.384. The van der Waals surface area contributed by atoms with Crippen LogP contribution in [0.2, 0.25) is 5.02 Å². The first-order chi connectivity index (χ1) is 8.36. The molecule has 0 aliphatic carbocycles. The molecule has 2 atom stereocenters. The maximum atomic E-state index is 10.7. The Balaban J connectivity index is 3.00. The molecule has 1 rings (SSSR count). The van der Waals surface area contributed by atoms with E-state index in [1.165, 1.54) is 12.1 Å². The van der Waals surface area contributed by atoms with Crippen molar-refractivity contribution in [1.82, 2.24) is 0 Å². The predicted molar refractivity (Wildman–Crippen MR) is 72.2 cm³/mol. The van der Waals surface area contributed by atoms with Crippen LogP contribution in [0.5, 0.6) is 0 Å². The Hall–Kier alpha value is -1.33. The van der Waals surface area contributed by atoms with Crippen LogP contribution in [-0.2, 0) is 0 Å². The molecule has 2 unspecified atom stereocenters. The van der Waals surface area contributed by atoms with Crippen molar-refractivity contribution >= 4 is 23.0 Å². The predicted octanol–water partition coefficient (Wildman–Crippen LogP) is 2.99. The van der Waals surface area contributed by atoms with E-state index < -0.39 is 4.92 Å². The summed E-state index contributed by atoms with van der Waals surface area (Å²) in [5.74, 6) is 0.0654. The normalized spacial score (nSPS) is 14.1. The van der Waals surface area contributed by atoms with Gasteiger partial charge >= 0.3 is 0 Å². The van der Waals surface area contributed by atoms with Crippen molar-refractivity contribution < 1.29 is 10.0 Å². The quantitative estimate of drug-likeness (QED) is 0.638. The molecule has 100 valence electrons. The number of aliphatic hydroxyl groups is 1. The Morgan fingerprint density at radius 1 is 1.50 bits per heavy atom. The molecular weight excluding hydrogens is 256 g/mol. The molecule has 0 aliphatic rings. The van der Waals surface area contributed by atoms with Crippen molar-refractivity contribution in [3.63, 3.8) is 0 Å². The standard InChI is InChI=1S/C12H17ClN2O3/c1-7-4-10(15(17)18)5-11(13)12(7)14-9(3)8(2)6-16/h4-5,8-9,14,16H,6H2,1-3H3. The first kappa shape index (κ1) is 14.7. The summed E-state index contributed by atoms with van der Waals surface area (Å²) in [7, 11) is 0. The second kappa shape index (κ2) is 6.02. The number of nitro benzene ring substituents is 1. The number of nitro groups is 1. The van der Waals surface area contributed by atoms with E-state index in [9.17, 15) is 10.1 Å². The fourth-order valence-corrected chi connectivity index (χ4v) is 1.86. The third-order valence-electron chi connectivity index (χ3n) is 3.00. The van der Waals surface area contributed by atoms with E-state index in [1.54, 1.807) is 6.92 Å². The van der Waals surface area contributed by atoms with Gasteiger partial charge in [-0.05, 0) is 25.3 Å². The molecule has 1 aromatic rings. The Morgan fingerprint density at radius 3 is 2.56 bits per heavy atom. The van der Waals surface area contributed by atoms with Crippen molar-refractivity contribution in [2.45, 2.75) is 26.8 Å². The van der Waals surface area contributed by atoms with Crippen LogP contribution < -0.4 is 5.32 Å². The van der Waals surface area contributed by atoms with Gasteiger partial charge in [-0.15, -0.1) is 0 Å². The largest absolute Gasteiger partial charge is 0.396 e. The molecule has 0 heterocycles. The monoisotopic (exact) mass is 272 g/mol. The zero-order chi connectivity index (χ0) is 13.9. The van der Waals surface area contributed by atoms with Crippen LogP contribution in [0.15, 0.2) is 12.1 Å². The number of nitrogens with zero attached hydrogens (tertiary/aromatic N) is 1. The van der Waals surface area contributed by atoms with Gasteiger partial charge in [0, 0.05) is 24.8 Å². The zero-order valence-electron chi connectivity index (χ0n) is 10.6. The number of hydrogen-bond acceptors (Lipinski definition) is 4. The molecule has 0 amide bonds. The Kier molecular flexibility index (Phi) is 4.93. The summed E-state index contributed by atoms with van der Waals surface area (Å²) < 4.78 is 0. The van der Waals surface area contributed by atoms with Crippen molar-refractivity contribution in [3.8, 4) is 0 Å². The SMILES string of the molecule is Cc1cc([N+](=O)[O-])cc(Cl)c1NC(C)C(C)CO. The fourth-order valence-electron chi connectivity index (χ4n) is 1.54. The van der Waals surface area contributed by atoms with Gasteiger partial charge in [0.1, 0.15) is 0 Å². The highest BCUT2D eigenvalue weighted by molar-refractivity contribution is 6.33. The van der Waals surface area contributed by atoms with Crippen molar-refractivity contribution in [2.24, 2.45) is 5.92 Å². The molecular formula is C12H17ClN2O3. The molecule has 0 saturated heterocycles. The van der Waals surface area contributed by atoms with Gasteiger partial charge in [0.15, 0.2) is 0 Å². The molecule has 1 aromatic carbocycles. The van der Waals surface area contributed by atoms with Crippen molar-refractivity contribution in [1.29, 1.82) is 0 Å². The maximum absolute atomic E-state index is 10.7. The van der Waals surface area contributed by atoms with Crippen LogP contribution in [0.25, 0.3) is 0 Å². The lowest BCUT2D eigenvalue weighted by Crippen LogP contribution is -2.26. The summed E-state index contributed by atoms with van der Waals surface area (Å²) in [4.78, 5) is 10.2. The van der Waals surface area contributed by atoms with Gasteiger partial charge in [0.25, 0.3) is 5.69 Å². The van der Waals surface area contributed by atoms with Crippen LogP contribution in [0.4, 0.5) is 11.4 Å². The van der Waals surface area contributed by atoms with E-state index in [2.05, 4.69) is 5.32 Å². The molecule has 2 N–H and O–H groups in total. The topological polar surface area (TPSA) is 75.4 Å². The molecule has 6 heteroatoms. The highest BCUT2D eigenvalue weighted by Gasteiger charge is 2.17. The summed E-state index contributed by atoms with van der Waals surface area (Å²) in [6.07, 6.45) is 0. The van der Waals surface area contributed by atoms with Crippen LogP contribution >= 0.6 is 11.6 Å².